The number of carbonyl (C=O) groups excluding carboxylic acids is 2. The zero-order valence-corrected chi connectivity index (χ0v) is 49.2. The number of hydrogen-bond donors (Lipinski definition) is 6. The van der Waals surface area contributed by atoms with Gasteiger partial charge in [-0.05, 0) is 110 Å². The molecule has 0 saturated carbocycles. The molecular weight excluding hydrogens is 967 g/mol. The second-order valence-corrected chi connectivity index (χ2v) is 21.7. The van der Waals surface area contributed by atoms with Crippen molar-refractivity contribution in [1.29, 1.82) is 0 Å². The van der Waals surface area contributed by atoms with E-state index in [1.54, 1.807) is 6.08 Å². The van der Waals surface area contributed by atoms with Crippen molar-refractivity contribution < 1.29 is 49.3 Å². The molecule has 1 saturated heterocycles. The Bertz CT molecular complexity index is 1510. The highest BCUT2D eigenvalue weighted by atomic mass is 16.7. The normalized spacial score (nSPS) is 19.1. The van der Waals surface area contributed by atoms with Gasteiger partial charge in [0.2, 0.25) is 5.91 Å². The van der Waals surface area contributed by atoms with E-state index in [4.69, 9.17) is 14.2 Å². The van der Waals surface area contributed by atoms with Crippen LogP contribution in [-0.2, 0) is 23.8 Å². The van der Waals surface area contributed by atoms with E-state index in [9.17, 15) is 35.1 Å². The Labute approximate surface area is 471 Å². The van der Waals surface area contributed by atoms with E-state index < -0.39 is 49.5 Å². The lowest BCUT2D eigenvalue weighted by Crippen LogP contribution is -2.60. The van der Waals surface area contributed by atoms with Gasteiger partial charge in [-0.15, -0.1) is 0 Å². The maximum atomic E-state index is 13.0. The van der Waals surface area contributed by atoms with Crippen molar-refractivity contribution in [2.75, 3.05) is 19.8 Å². The van der Waals surface area contributed by atoms with E-state index in [1.165, 1.54) is 148 Å². The first-order chi connectivity index (χ1) is 37.7. The average Bonchev–Trinajstić information content (AvgIpc) is 3.43. The molecule has 0 spiro atoms. The van der Waals surface area contributed by atoms with Gasteiger partial charge < -0.3 is 45.1 Å². The number of aliphatic hydroxyl groups excluding tert-OH is 5. The Kier molecular flexibility index (Phi) is 51.5. The van der Waals surface area contributed by atoms with Crippen molar-refractivity contribution in [3.05, 3.63) is 72.9 Å². The molecule has 0 aromatic heterocycles. The van der Waals surface area contributed by atoms with Gasteiger partial charge in [-0.25, -0.2) is 0 Å². The highest BCUT2D eigenvalue weighted by molar-refractivity contribution is 5.76. The molecule has 1 aliphatic rings. The lowest BCUT2D eigenvalue weighted by molar-refractivity contribution is -0.302. The molecule has 0 aromatic rings. The number of amides is 1. The zero-order chi connectivity index (χ0) is 55.9. The molecule has 1 fully saturated rings. The summed E-state index contributed by atoms with van der Waals surface area (Å²) < 4.78 is 16.7. The first-order valence-corrected chi connectivity index (χ1v) is 31.7. The van der Waals surface area contributed by atoms with Crippen LogP contribution in [-0.4, -0.2) is 100 Å². The third kappa shape index (κ3) is 44.5. The summed E-state index contributed by atoms with van der Waals surface area (Å²) in [4.78, 5) is 25.1. The van der Waals surface area contributed by atoms with Crippen LogP contribution in [0.4, 0.5) is 0 Å². The summed E-state index contributed by atoms with van der Waals surface area (Å²) in [5, 5.41) is 54.1. The number of rotatable bonds is 54. The topological polar surface area (TPSA) is 175 Å². The minimum absolute atomic E-state index is 0.00974. The van der Waals surface area contributed by atoms with Crippen molar-refractivity contribution in [3.8, 4) is 0 Å². The van der Waals surface area contributed by atoms with E-state index in [0.29, 0.717) is 25.9 Å². The van der Waals surface area contributed by atoms with Crippen molar-refractivity contribution in [3.63, 3.8) is 0 Å². The molecule has 0 radical (unpaired) electrons. The number of nitrogens with one attached hydrogen (secondary N) is 1. The second kappa shape index (κ2) is 55.0. The number of hydrogen-bond acceptors (Lipinski definition) is 10. The lowest BCUT2D eigenvalue weighted by Gasteiger charge is -2.40. The zero-order valence-electron chi connectivity index (χ0n) is 49.2. The number of aliphatic hydroxyl groups is 5. The number of unbranched alkanes of at least 4 members (excludes halogenated alkanes) is 31. The van der Waals surface area contributed by atoms with Gasteiger partial charge in [-0.3, -0.25) is 9.59 Å². The van der Waals surface area contributed by atoms with Crippen LogP contribution >= 0.6 is 0 Å². The van der Waals surface area contributed by atoms with Crippen LogP contribution in [0.15, 0.2) is 72.9 Å². The van der Waals surface area contributed by atoms with Crippen LogP contribution < -0.4 is 5.32 Å². The molecule has 446 valence electrons. The highest BCUT2D eigenvalue weighted by Gasteiger charge is 2.44. The van der Waals surface area contributed by atoms with E-state index in [2.05, 4.69) is 66.9 Å². The standard InChI is InChI=1S/C66H117NO10/c1-3-5-7-9-11-13-14-15-16-24-28-31-34-38-42-46-50-54-62(71)75-55-51-47-43-39-35-32-29-26-23-21-19-17-18-20-22-25-27-30-33-37-41-45-49-53-61(70)67-58(59(69)52-48-44-40-36-12-10-8-6-4-2)57-76-66-65(74)64(73)63(72)60(56-68)77-66/h4,6,12,15-17,19-20,22,36,48,52,58-60,63-66,68-69,72-74H,3,5,7-11,13-14,18,21,23-35,37-47,49-51,53-57H2,1-2H3,(H,67,70)/b6-4+,16-15-,19-17-,22-20-,36-12+,52-48+. The molecular formula is C66H117NO10. The maximum absolute atomic E-state index is 13.0. The van der Waals surface area contributed by atoms with Gasteiger partial charge in [0, 0.05) is 12.8 Å². The number of ether oxygens (including phenoxy) is 3. The molecule has 0 bridgehead atoms. The number of allylic oxidation sites excluding steroid dienone is 11. The van der Waals surface area contributed by atoms with Crippen molar-refractivity contribution in [1.82, 2.24) is 5.32 Å². The van der Waals surface area contributed by atoms with Crippen molar-refractivity contribution in [2.24, 2.45) is 0 Å². The molecule has 11 nitrogen and oxygen atoms in total. The highest BCUT2D eigenvalue weighted by Crippen LogP contribution is 2.23. The third-order valence-electron chi connectivity index (χ3n) is 14.6. The molecule has 6 N–H and O–H groups in total. The fourth-order valence-corrected chi connectivity index (χ4v) is 9.56. The molecule has 0 aliphatic carbocycles. The Hall–Kier alpha value is -2.90. The van der Waals surface area contributed by atoms with Crippen LogP contribution in [0, 0.1) is 0 Å². The first-order valence-electron chi connectivity index (χ1n) is 31.7. The van der Waals surface area contributed by atoms with Gasteiger partial charge >= 0.3 is 5.97 Å². The molecule has 1 rings (SSSR count). The summed E-state index contributed by atoms with van der Waals surface area (Å²) >= 11 is 0. The second-order valence-electron chi connectivity index (χ2n) is 21.7. The molecule has 1 aliphatic heterocycles. The van der Waals surface area contributed by atoms with E-state index in [0.717, 1.165) is 89.9 Å². The van der Waals surface area contributed by atoms with Crippen molar-refractivity contribution in [2.45, 2.75) is 314 Å². The summed E-state index contributed by atoms with van der Waals surface area (Å²) in [7, 11) is 0. The Balaban J connectivity index is 2.00. The van der Waals surface area contributed by atoms with E-state index >= 15 is 0 Å². The molecule has 1 heterocycles. The summed E-state index contributed by atoms with van der Waals surface area (Å²) in [6.45, 7) is 4.07. The maximum Gasteiger partial charge on any atom is 0.305 e. The molecule has 1 amide bonds. The first kappa shape index (κ1) is 72.1. The van der Waals surface area contributed by atoms with Gasteiger partial charge in [0.15, 0.2) is 6.29 Å². The lowest BCUT2D eigenvalue weighted by atomic mass is 9.99. The summed E-state index contributed by atoms with van der Waals surface area (Å²) in [5.41, 5.74) is 0. The quantitative estimate of drug-likeness (QED) is 0.0195. The summed E-state index contributed by atoms with van der Waals surface area (Å²) in [6, 6.07) is -0.843. The van der Waals surface area contributed by atoms with Crippen molar-refractivity contribution >= 4 is 11.9 Å². The van der Waals surface area contributed by atoms with Crippen LogP contribution in [0.2, 0.25) is 0 Å². The van der Waals surface area contributed by atoms with Gasteiger partial charge in [0.25, 0.3) is 0 Å². The Morgan fingerprint density at radius 1 is 0.506 bits per heavy atom. The summed E-state index contributed by atoms with van der Waals surface area (Å²) in [5.74, 6) is -0.221. The van der Waals surface area contributed by atoms with E-state index in [1.807, 2.05) is 19.1 Å². The number of carbonyl (C=O) groups is 2. The van der Waals surface area contributed by atoms with Crippen LogP contribution in [0.1, 0.15) is 271 Å². The van der Waals surface area contributed by atoms with Crippen LogP contribution in [0.25, 0.3) is 0 Å². The van der Waals surface area contributed by atoms with Gasteiger partial charge in [-0.2, -0.15) is 0 Å². The average molecular weight is 1080 g/mol. The minimum atomic E-state index is -1.58. The molecule has 11 heteroatoms. The fraction of sp³-hybridized carbons (Fsp3) is 0.788. The summed E-state index contributed by atoms with van der Waals surface area (Å²) in [6.07, 6.45) is 63.3. The fourth-order valence-electron chi connectivity index (χ4n) is 9.56. The largest absolute Gasteiger partial charge is 0.466 e. The SMILES string of the molecule is C/C=C/CC/C=C/CC/C=C/C(O)C(COC1OC(CO)C(O)C(O)C1O)NC(=O)CCCCCCCCC/C=C\C/C=C\CCCCCCCCCCCOC(=O)CCCCCCCCC/C=C\CCCCCCCC. The predicted octanol–water partition coefficient (Wildman–Crippen LogP) is 15.2. The van der Waals surface area contributed by atoms with Crippen LogP contribution in [0.3, 0.4) is 0 Å². The molecule has 7 unspecified atom stereocenters. The number of esters is 1. The molecule has 7 atom stereocenters. The van der Waals surface area contributed by atoms with Gasteiger partial charge in [0.05, 0.1) is 32.0 Å². The Morgan fingerprint density at radius 3 is 1.44 bits per heavy atom. The third-order valence-corrected chi connectivity index (χ3v) is 14.6. The predicted molar refractivity (Wildman–Crippen MR) is 319 cm³/mol. The Morgan fingerprint density at radius 2 is 0.935 bits per heavy atom. The molecule has 0 aromatic carbocycles. The molecule has 77 heavy (non-hydrogen) atoms. The van der Waals surface area contributed by atoms with Gasteiger partial charge in [-0.1, -0.05) is 221 Å². The smallest absolute Gasteiger partial charge is 0.305 e. The minimum Gasteiger partial charge on any atom is -0.466 e. The monoisotopic (exact) mass is 1080 g/mol. The van der Waals surface area contributed by atoms with Crippen LogP contribution in [0.5, 0.6) is 0 Å². The van der Waals surface area contributed by atoms with Gasteiger partial charge in [0.1, 0.15) is 24.4 Å². The van der Waals surface area contributed by atoms with E-state index in [-0.39, 0.29) is 18.5 Å².